The van der Waals surface area contributed by atoms with Gasteiger partial charge in [0, 0.05) is 44.2 Å². The third kappa shape index (κ3) is 3.58. The van der Waals surface area contributed by atoms with E-state index in [2.05, 4.69) is 18.7 Å². The lowest BCUT2D eigenvalue weighted by Crippen LogP contribution is -2.56. The summed E-state index contributed by atoms with van der Waals surface area (Å²) in [4.78, 5) is 41.4. The molecule has 2 fully saturated rings. The van der Waals surface area contributed by atoms with Crippen LogP contribution in [0.15, 0.2) is 72.2 Å². The first kappa shape index (κ1) is 20.1. The molecule has 4 rings (SSSR count). The van der Waals surface area contributed by atoms with Gasteiger partial charge in [-0.05, 0) is 24.5 Å². The molecule has 2 aromatic rings. The van der Waals surface area contributed by atoms with E-state index in [4.69, 9.17) is 0 Å². The lowest BCUT2D eigenvalue weighted by Gasteiger charge is -2.48. The fourth-order valence-electron chi connectivity index (χ4n) is 5.04. The van der Waals surface area contributed by atoms with Crippen LogP contribution in [0.3, 0.4) is 0 Å². The van der Waals surface area contributed by atoms with Crippen molar-refractivity contribution < 1.29 is 9.59 Å². The van der Waals surface area contributed by atoms with Gasteiger partial charge in [0.05, 0.1) is 5.54 Å². The topological polar surface area (TPSA) is 62.6 Å². The summed E-state index contributed by atoms with van der Waals surface area (Å²) in [5.41, 5.74) is 0.697. The summed E-state index contributed by atoms with van der Waals surface area (Å²) >= 11 is 0. The number of carbonyl (C=O) groups excluding carboxylic acids is 2. The molecule has 1 spiro atoms. The van der Waals surface area contributed by atoms with Gasteiger partial charge in [-0.25, -0.2) is 0 Å². The van der Waals surface area contributed by atoms with Crippen LogP contribution in [0.25, 0.3) is 0 Å². The molecule has 1 atom stereocenters. The van der Waals surface area contributed by atoms with Crippen LogP contribution in [0.1, 0.15) is 30.7 Å². The minimum atomic E-state index is -0.299. The van der Waals surface area contributed by atoms with Crippen molar-refractivity contribution in [1.29, 1.82) is 0 Å². The van der Waals surface area contributed by atoms with Gasteiger partial charge in [-0.15, -0.1) is 6.58 Å². The molecule has 0 saturated carbocycles. The Bertz CT molecular complexity index is 990. The Labute approximate surface area is 176 Å². The maximum Gasteiger partial charge on any atom is 0.250 e. The van der Waals surface area contributed by atoms with E-state index in [-0.39, 0.29) is 35.4 Å². The molecule has 1 aromatic heterocycles. The Morgan fingerprint density at radius 1 is 1.07 bits per heavy atom. The molecule has 156 valence electrons. The summed E-state index contributed by atoms with van der Waals surface area (Å²) in [6, 6.07) is 15.1. The van der Waals surface area contributed by atoms with Crippen LogP contribution < -0.4 is 5.56 Å². The Hall–Kier alpha value is -3.15. The van der Waals surface area contributed by atoms with Crippen LogP contribution >= 0.6 is 0 Å². The van der Waals surface area contributed by atoms with Crippen molar-refractivity contribution in [2.75, 3.05) is 19.6 Å². The lowest BCUT2D eigenvalue weighted by atomic mass is 9.73. The van der Waals surface area contributed by atoms with Crippen molar-refractivity contribution in [1.82, 2.24) is 14.4 Å². The molecule has 6 heteroatoms. The second-order valence-electron chi connectivity index (χ2n) is 8.11. The number of hydrogen-bond donors (Lipinski definition) is 0. The Morgan fingerprint density at radius 3 is 2.43 bits per heavy atom. The molecule has 0 radical (unpaired) electrons. The van der Waals surface area contributed by atoms with E-state index in [0.29, 0.717) is 26.1 Å². The van der Waals surface area contributed by atoms with E-state index in [0.717, 1.165) is 12.8 Å². The van der Waals surface area contributed by atoms with Crippen molar-refractivity contribution >= 4 is 11.8 Å². The number of hydrogen-bond acceptors (Lipinski definition) is 3. The highest BCUT2D eigenvalue weighted by Crippen LogP contribution is 2.48. The van der Waals surface area contributed by atoms with Crippen LogP contribution in [-0.4, -0.2) is 51.4 Å². The highest BCUT2D eigenvalue weighted by Gasteiger charge is 2.53. The van der Waals surface area contributed by atoms with Gasteiger partial charge < -0.3 is 14.4 Å². The quantitative estimate of drug-likeness (QED) is 0.718. The summed E-state index contributed by atoms with van der Waals surface area (Å²) < 4.78 is 1.43. The molecule has 6 nitrogen and oxygen atoms in total. The first-order chi connectivity index (χ1) is 14.5. The highest BCUT2D eigenvalue weighted by molar-refractivity contribution is 5.82. The maximum absolute atomic E-state index is 12.9. The van der Waals surface area contributed by atoms with E-state index < -0.39 is 0 Å². The molecule has 0 aliphatic carbocycles. The van der Waals surface area contributed by atoms with Gasteiger partial charge in [0.2, 0.25) is 11.8 Å². The molecule has 0 unspecified atom stereocenters. The predicted molar refractivity (Wildman–Crippen MR) is 115 cm³/mol. The van der Waals surface area contributed by atoms with E-state index in [9.17, 15) is 14.4 Å². The lowest BCUT2D eigenvalue weighted by molar-refractivity contribution is -0.136. The molecule has 0 N–H and O–H groups in total. The zero-order valence-electron chi connectivity index (χ0n) is 17.1. The summed E-state index contributed by atoms with van der Waals surface area (Å²) in [6.45, 7) is 5.56. The summed E-state index contributed by atoms with van der Waals surface area (Å²) in [6.07, 6.45) is 5.36. The molecule has 1 aromatic carbocycles. The second kappa shape index (κ2) is 8.30. The number of carbonyl (C=O) groups is 2. The van der Waals surface area contributed by atoms with E-state index >= 15 is 0 Å². The van der Waals surface area contributed by atoms with Crippen molar-refractivity contribution in [2.24, 2.45) is 0 Å². The molecular formula is C24H27N3O3. The standard InChI is InChI=1S/C24H27N3O3/c1-2-13-27-22(29)17-20(19-8-4-3-5-9-19)24(27)11-15-25(16-12-24)23(30)18-26-14-7-6-10-21(26)28/h2-10,14,20H,1,11-13,15-18H2/t20-/m1/s1. The smallest absolute Gasteiger partial charge is 0.250 e. The fraction of sp³-hybridized carbons (Fsp3) is 0.375. The molecule has 30 heavy (non-hydrogen) atoms. The number of aromatic nitrogens is 1. The SMILES string of the molecule is C=CCN1C(=O)C[C@H](c2ccccc2)C12CCN(C(=O)Cn1ccccc1=O)CC2. The largest absolute Gasteiger partial charge is 0.341 e. The Balaban J connectivity index is 1.54. The van der Waals surface area contributed by atoms with Crippen molar-refractivity contribution in [3.05, 3.63) is 83.3 Å². The zero-order valence-corrected chi connectivity index (χ0v) is 17.1. The number of benzene rings is 1. The second-order valence-corrected chi connectivity index (χ2v) is 8.11. The summed E-state index contributed by atoms with van der Waals surface area (Å²) in [5, 5.41) is 0. The van der Waals surface area contributed by atoms with E-state index in [1.165, 1.54) is 16.2 Å². The molecule has 2 saturated heterocycles. The van der Waals surface area contributed by atoms with Gasteiger partial charge in [0.25, 0.3) is 5.56 Å². The zero-order chi connectivity index (χ0) is 21.1. The third-order valence-electron chi connectivity index (χ3n) is 6.57. The number of nitrogens with zero attached hydrogens (tertiary/aromatic N) is 3. The predicted octanol–water partition coefficient (Wildman–Crippen LogP) is 2.41. The van der Waals surface area contributed by atoms with Gasteiger partial charge in [-0.3, -0.25) is 14.4 Å². The molecule has 3 heterocycles. The van der Waals surface area contributed by atoms with Crippen LogP contribution in [0.5, 0.6) is 0 Å². The van der Waals surface area contributed by atoms with Crippen molar-refractivity contribution in [3.63, 3.8) is 0 Å². The summed E-state index contributed by atoms with van der Waals surface area (Å²) in [5.74, 6) is 0.202. The van der Waals surface area contributed by atoms with Gasteiger partial charge in [0.1, 0.15) is 6.54 Å². The van der Waals surface area contributed by atoms with Crippen molar-refractivity contribution in [2.45, 2.75) is 37.3 Å². The molecule has 2 aliphatic rings. The van der Waals surface area contributed by atoms with Crippen LogP contribution in [0, 0.1) is 0 Å². The van der Waals surface area contributed by atoms with Gasteiger partial charge >= 0.3 is 0 Å². The number of amides is 2. The van der Waals surface area contributed by atoms with Crippen LogP contribution in [-0.2, 0) is 16.1 Å². The maximum atomic E-state index is 12.9. The van der Waals surface area contributed by atoms with E-state index in [1.54, 1.807) is 24.4 Å². The minimum Gasteiger partial charge on any atom is -0.341 e. The van der Waals surface area contributed by atoms with Gasteiger partial charge in [-0.1, -0.05) is 42.5 Å². The Morgan fingerprint density at radius 2 is 1.77 bits per heavy atom. The third-order valence-corrected chi connectivity index (χ3v) is 6.57. The van der Waals surface area contributed by atoms with E-state index in [1.807, 2.05) is 28.0 Å². The fourth-order valence-corrected chi connectivity index (χ4v) is 5.04. The van der Waals surface area contributed by atoms with Gasteiger partial charge in [-0.2, -0.15) is 0 Å². The first-order valence-corrected chi connectivity index (χ1v) is 10.4. The Kier molecular flexibility index (Phi) is 5.57. The number of pyridine rings is 1. The average molecular weight is 405 g/mol. The number of rotatable bonds is 5. The van der Waals surface area contributed by atoms with Gasteiger partial charge in [0.15, 0.2) is 0 Å². The molecule has 0 bridgehead atoms. The number of likely N-dealkylation sites (tertiary alicyclic amines) is 2. The molecule has 2 amide bonds. The minimum absolute atomic E-state index is 0.0457. The number of piperidine rings is 1. The average Bonchev–Trinajstić information content (AvgIpc) is 3.03. The van der Waals surface area contributed by atoms with Crippen molar-refractivity contribution in [3.8, 4) is 0 Å². The molecule has 2 aliphatic heterocycles. The summed E-state index contributed by atoms with van der Waals surface area (Å²) in [7, 11) is 0. The first-order valence-electron chi connectivity index (χ1n) is 10.4. The molecular weight excluding hydrogens is 378 g/mol. The van der Waals surface area contributed by atoms with Crippen LogP contribution in [0.4, 0.5) is 0 Å². The normalized spacial score (nSPS) is 20.5. The highest BCUT2D eigenvalue weighted by atomic mass is 16.2. The van der Waals surface area contributed by atoms with Crippen LogP contribution in [0.2, 0.25) is 0 Å². The monoisotopic (exact) mass is 405 g/mol.